The maximum absolute atomic E-state index is 12.8. The van der Waals surface area contributed by atoms with Gasteiger partial charge in [0.1, 0.15) is 5.82 Å². The Morgan fingerprint density at radius 2 is 1.71 bits per heavy atom. The Morgan fingerprint density at radius 1 is 0.912 bits per heavy atom. The molecule has 1 fully saturated rings. The van der Waals surface area contributed by atoms with E-state index in [-0.39, 0.29) is 5.91 Å². The number of nitrogens with zero attached hydrogens (tertiary/aromatic N) is 5. The molecule has 0 radical (unpaired) electrons. The summed E-state index contributed by atoms with van der Waals surface area (Å²) in [4.78, 5) is 24.3. The first-order valence-electron chi connectivity index (χ1n) is 11.5. The number of piperidine rings is 1. The first-order valence-corrected chi connectivity index (χ1v) is 11.5. The minimum absolute atomic E-state index is 0.178. The van der Waals surface area contributed by atoms with Gasteiger partial charge in [-0.15, -0.1) is 0 Å². The van der Waals surface area contributed by atoms with E-state index in [1.54, 1.807) is 16.9 Å². The Hall–Kier alpha value is -4.20. The van der Waals surface area contributed by atoms with Gasteiger partial charge in [-0.1, -0.05) is 6.07 Å². The molecule has 1 saturated heterocycles. The highest BCUT2D eigenvalue weighted by Gasteiger charge is 2.14. The van der Waals surface area contributed by atoms with Crippen LogP contribution in [0.2, 0.25) is 0 Å². The molecule has 2 aromatic carbocycles. The van der Waals surface area contributed by atoms with Crippen LogP contribution >= 0.6 is 0 Å². The molecule has 1 amide bonds. The Bertz CT molecular complexity index is 1260. The van der Waals surface area contributed by atoms with Crippen LogP contribution in [0.1, 0.15) is 35.3 Å². The number of hydrogen-bond acceptors (Lipinski definition) is 6. The highest BCUT2D eigenvalue weighted by molar-refractivity contribution is 6.04. The van der Waals surface area contributed by atoms with Crippen LogP contribution in [0, 0.1) is 6.92 Å². The molecule has 2 aromatic heterocycles. The van der Waals surface area contributed by atoms with Crippen LogP contribution in [0.25, 0.3) is 5.69 Å². The average Bonchev–Trinajstić information content (AvgIpc) is 3.41. The summed E-state index contributed by atoms with van der Waals surface area (Å²) in [5, 5.41) is 10.5. The average molecular weight is 454 g/mol. The molecule has 8 nitrogen and oxygen atoms in total. The molecule has 0 unspecified atom stereocenters. The molecule has 2 N–H and O–H groups in total. The summed E-state index contributed by atoms with van der Waals surface area (Å²) in [7, 11) is 0. The van der Waals surface area contributed by atoms with Crippen LogP contribution in [0.3, 0.4) is 0 Å². The van der Waals surface area contributed by atoms with E-state index in [1.807, 2.05) is 67.7 Å². The second-order valence-electron chi connectivity index (χ2n) is 8.40. The van der Waals surface area contributed by atoms with E-state index < -0.39 is 0 Å². The van der Waals surface area contributed by atoms with Crippen LogP contribution in [0.4, 0.5) is 23.1 Å². The number of aromatic nitrogens is 4. The number of carbonyl (C=O) groups excluding carboxylic acids is 1. The molecule has 0 aliphatic carbocycles. The number of nitrogens with one attached hydrogen (secondary N) is 2. The van der Waals surface area contributed by atoms with Crippen molar-refractivity contribution in [1.29, 1.82) is 0 Å². The van der Waals surface area contributed by atoms with Crippen molar-refractivity contribution >= 4 is 29.0 Å². The summed E-state index contributed by atoms with van der Waals surface area (Å²) in [5.74, 6) is 1.37. The van der Waals surface area contributed by atoms with Gasteiger partial charge in [0.2, 0.25) is 5.95 Å². The van der Waals surface area contributed by atoms with E-state index in [4.69, 9.17) is 4.98 Å². The van der Waals surface area contributed by atoms with Gasteiger partial charge in [-0.2, -0.15) is 10.1 Å². The number of aryl methyl sites for hydroxylation is 1. The molecule has 1 aliphatic rings. The molecular formula is C26H27N7O. The summed E-state index contributed by atoms with van der Waals surface area (Å²) in [5.41, 5.74) is 3.89. The van der Waals surface area contributed by atoms with Gasteiger partial charge >= 0.3 is 0 Å². The predicted molar refractivity (Wildman–Crippen MR) is 134 cm³/mol. The van der Waals surface area contributed by atoms with E-state index in [1.165, 1.54) is 19.3 Å². The van der Waals surface area contributed by atoms with E-state index in [0.717, 1.165) is 36.0 Å². The van der Waals surface area contributed by atoms with Gasteiger partial charge in [0.05, 0.1) is 5.69 Å². The quantitative estimate of drug-likeness (QED) is 0.429. The summed E-state index contributed by atoms with van der Waals surface area (Å²) in [6.45, 7) is 4.06. The molecule has 3 heterocycles. The number of benzene rings is 2. The van der Waals surface area contributed by atoms with E-state index in [9.17, 15) is 4.79 Å². The third-order valence-electron chi connectivity index (χ3n) is 5.80. The zero-order valence-corrected chi connectivity index (χ0v) is 19.1. The molecular weight excluding hydrogens is 426 g/mol. The fraction of sp³-hybridized carbons (Fsp3) is 0.231. The molecule has 34 heavy (non-hydrogen) atoms. The summed E-state index contributed by atoms with van der Waals surface area (Å²) in [6, 6.07) is 18.8. The van der Waals surface area contributed by atoms with Crippen molar-refractivity contribution in [1.82, 2.24) is 19.7 Å². The molecule has 172 valence electrons. The van der Waals surface area contributed by atoms with Crippen molar-refractivity contribution < 1.29 is 4.79 Å². The molecule has 5 rings (SSSR count). The van der Waals surface area contributed by atoms with Crippen molar-refractivity contribution in [2.75, 3.05) is 28.6 Å². The van der Waals surface area contributed by atoms with Gasteiger partial charge in [-0.05, 0) is 74.7 Å². The van der Waals surface area contributed by atoms with Gasteiger partial charge in [0, 0.05) is 54.2 Å². The standard InChI is InChI=1S/C26H27N7O/c1-19-17-24(32-14-3-2-4-15-32)31-26(28-19)30-22-11-9-21(10-12-22)29-25(34)20-7-5-8-23(18-20)33-16-6-13-27-33/h5-13,16-18H,2-4,14-15H2,1H3,(H,29,34)(H,28,30,31). The summed E-state index contributed by atoms with van der Waals surface area (Å²) >= 11 is 0. The number of hydrogen-bond donors (Lipinski definition) is 2. The van der Waals surface area contributed by atoms with Gasteiger partial charge in [0.15, 0.2) is 0 Å². The highest BCUT2D eigenvalue weighted by atomic mass is 16.1. The first-order chi connectivity index (χ1) is 16.6. The Balaban J connectivity index is 1.25. The predicted octanol–water partition coefficient (Wildman–Crippen LogP) is 4.96. The largest absolute Gasteiger partial charge is 0.356 e. The minimum atomic E-state index is -0.178. The summed E-state index contributed by atoms with van der Waals surface area (Å²) < 4.78 is 1.72. The SMILES string of the molecule is Cc1cc(N2CCCCC2)nc(Nc2ccc(NC(=O)c3cccc(-n4cccn4)c3)cc2)n1. The Labute approximate surface area is 198 Å². The summed E-state index contributed by atoms with van der Waals surface area (Å²) in [6.07, 6.45) is 7.23. The Kier molecular flexibility index (Phi) is 6.20. The highest BCUT2D eigenvalue weighted by Crippen LogP contribution is 2.22. The Morgan fingerprint density at radius 3 is 2.47 bits per heavy atom. The lowest BCUT2D eigenvalue weighted by Crippen LogP contribution is -2.30. The third-order valence-corrected chi connectivity index (χ3v) is 5.80. The molecule has 4 aromatic rings. The minimum Gasteiger partial charge on any atom is -0.356 e. The van der Waals surface area contributed by atoms with Gasteiger partial charge in [0.25, 0.3) is 5.91 Å². The smallest absolute Gasteiger partial charge is 0.255 e. The van der Waals surface area contributed by atoms with Crippen LogP contribution in [-0.2, 0) is 0 Å². The van der Waals surface area contributed by atoms with Crippen LogP contribution < -0.4 is 15.5 Å². The number of carbonyl (C=O) groups is 1. The van der Waals surface area contributed by atoms with Gasteiger partial charge in [-0.25, -0.2) is 9.67 Å². The van der Waals surface area contributed by atoms with E-state index in [2.05, 4.69) is 25.6 Å². The topological polar surface area (TPSA) is 88.0 Å². The fourth-order valence-electron chi connectivity index (χ4n) is 4.07. The zero-order valence-electron chi connectivity index (χ0n) is 19.1. The number of amides is 1. The van der Waals surface area contributed by atoms with Crippen LogP contribution in [0.15, 0.2) is 73.1 Å². The first kappa shape index (κ1) is 21.6. The maximum Gasteiger partial charge on any atom is 0.255 e. The second kappa shape index (κ2) is 9.74. The van der Waals surface area contributed by atoms with Gasteiger partial charge < -0.3 is 15.5 Å². The lowest BCUT2D eigenvalue weighted by molar-refractivity contribution is 0.102. The molecule has 0 atom stereocenters. The fourth-order valence-corrected chi connectivity index (χ4v) is 4.07. The molecule has 8 heteroatoms. The molecule has 0 spiro atoms. The van der Waals surface area contributed by atoms with Crippen molar-refractivity contribution in [2.45, 2.75) is 26.2 Å². The lowest BCUT2D eigenvalue weighted by Gasteiger charge is -2.28. The van der Waals surface area contributed by atoms with E-state index >= 15 is 0 Å². The van der Waals surface area contributed by atoms with E-state index in [0.29, 0.717) is 17.2 Å². The normalized spacial score (nSPS) is 13.5. The number of anilines is 4. The number of rotatable bonds is 6. The zero-order chi connectivity index (χ0) is 23.3. The molecule has 0 saturated carbocycles. The second-order valence-corrected chi connectivity index (χ2v) is 8.40. The van der Waals surface area contributed by atoms with Crippen LogP contribution in [-0.4, -0.2) is 38.7 Å². The van der Waals surface area contributed by atoms with Crippen molar-refractivity contribution in [3.05, 3.63) is 84.3 Å². The van der Waals surface area contributed by atoms with Crippen molar-refractivity contribution in [3.63, 3.8) is 0 Å². The maximum atomic E-state index is 12.8. The van der Waals surface area contributed by atoms with Crippen LogP contribution in [0.5, 0.6) is 0 Å². The van der Waals surface area contributed by atoms with Gasteiger partial charge in [-0.3, -0.25) is 4.79 Å². The monoisotopic (exact) mass is 453 g/mol. The van der Waals surface area contributed by atoms with Crippen molar-refractivity contribution in [3.8, 4) is 5.69 Å². The lowest BCUT2D eigenvalue weighted by atomic mass is 10.1. The third kappa shape index (κ3) is 5.06. The molecule has 1 aliphatic heterocycles. The molecule has 0 bridgehead atoms. The van der Waals surface area contributed by atoms with Crippen molar-refractivity contribution in [2.24, 2.45) is 0 Å².